The van der Waals surface area contributed by atoms with Gasteiger partial charge < -0.3 is 4.98 Å². The number of likely N-dealkylation sites (tertiary alicyclic amines) is 1. The first-order valence-corrected chi connectivity index (χ1v) is 10.4. The quantitative estimate of drug-likeness (QED) is 0.723. The first-order valence-electron chi connectivity index (χ1n) is 9.22. The zero-order valence-corrected chi connectivity index (χ0v) is 16.0. The lowest BCUT2D eigenvalue weighted by molar-refractivity contribution is 0.242. The van der Waals surface area contributed by atoms with E-state index in [0.29, 0.717) is 6.54 Å². The van der Waals surface area contributed by atoms with Crippen LogP contribution in [0, 0.1) is 0 Å². The molecule has 0 amide bonds. The molecule has 0 saturated carbocycles. The number of fused-ring (bicyclic) bond motifs is 3. The molecule has 3 aromatic rings. The van der Waals surface area contributed by atoms with Crippen molar-refractivity contribution in [1.29, 1.82) is 0 Å². The van der Waals surface area contributed by atoms with Gasteiger partial charge in [0.25, 0.3) is 5.56 Å². The van der Waals surface area contributed by atoms with Gasteiger partial charge in [-0.1, -0.05) is 29.8 Å². The predicted molar refractivity (Wildman–Crippen MR) is 106 cm³/mol. The normalized spacial score (nSPS) is 20.1. The molecule has 5 rings (SSSR count). The molecule has 1 aliphatic carbocycles. The Balaban J connectivity index is 1.47. The van der Waals surface area contributed by atoms with Crippen molar-refractivity contribution in [2.45, 2.75) is 44.7 Å². The Kier molecular flexibility index (Phi) is 4.11. The fourth-order valence-corrected chi connectivity index (χ4v) is 5.97. The van der Waals surface area contributed by atoms with Crippen molar-refractivity contribution in [3.8, 4) is 0 Å². The second-order valence-corrected chi connectivity index (χ2v) is 8.69. The molecular weight excluding hydrogens is 366 g/mol. The molecule has 2 aromatic heterocycles. The van der Waals surface area contributed by atoms with E-state index in [-0.39, 0.29) is 11.6 Å². The highest BCUT2D eigenvalue weighted by molar-refractivity contribution is 7.18. The summed E-state index contributed by atoms with van der Waals surface area (Å²) < 4.78 is 0. The summed E-state index contributed by atoms with van der Waals surface area (Å²) in [5.41, 5.74) is 2.43. The van der Waals surface area contributed by atoms with Gasteiger partial charge in [0.1, 0.15) is 10.7 Å². The Morgan fingerprint density at radius 2 is 2.15 bits per heavy atom. The average Bonchev–Trinajstić information content (AvgIpc) is 3.31. The molecule has 1 aromatic carbocycles. The van der Waals surface area contributed by atoms with Gasteiger partial charge in [-0.25, -0.2) is 4.98 Å². The van der Waals surface area contributed by atoms with Gasteiger partial charge in [-0.2, -0.15) is 0 Å². The molecule has 0 bridgehead atoms. The SMILES string of the molecule is O=c1[nH]c(CN2CCCC2c2ccccc2Cl)nc2sc3c(c12)CCC3. The van der Waals surface area contributed by atoms with Crippen LogP contribution in [-0.4, -0.2) is 21.4 Å². The van der Waals surface area contributed by atoms with Gasteiger partial charge in [-0.15, -0.1) is 11.3 Å². The number of nitrogens with zero attached hydrogens (tertiary/aromatic N) is 2. The number of aromatic amines is 1. The second kappa shape index (κ2) is 6.48. The fourth-order valence-electron chi connectivity index (χ4n) is 4.43. The standard InChI is InChI=1S/C20H20ClN3OS/c21-14-7-2-1-5-12(14)15-8-4-10-24(15)11-17-22-19(25)18-13-6-3-9-16(13)26-20(18)23-17/h1-2,5,7,15H,3-4,6,8-11H2,(H,22,23,25). The van der Waals surface area contributed by atoms with Crippen LogP contribution >= 0.6 is 22.9 Å². The van der Waals surface area contributed by atoms with Crippen molar-refractivity contribution >= 4 is 33.2 Å². The third-order valence-corrected chi connectivity index (χ3v) is 7.13. The molecule has 1 aliphatic heterocycles. The number of H-pyrrole nitrogens is 1. The molecule has 1 saturated heterocycles. The minimum atomic E-state index is 0.0258. The third kappa shape index (κ3) is 2.70. The second-order valence-electron chi connectivity index (χ2n) is 7.20. The summed E-state index contributed by atoms with van der Waals surface area (Å²) in [5, 5.41) is 1.64. The molecule has 134 valence electrons. The van der Waals surface area contributed by atoms with Gasteiger partial charge in [0, 0.05) is 15.9 Å². The van der Waals surface area contributed by atoms with Crippen molar-refractivity contribution < 1.29 is 0 Å². The van der Waals surface area contributed by atoms with E-state index in [1.807, 2.05) is 18.2 Å². The first-order chi connectivity index (χ1) is 12.7. The Morgan fingerprint density at radius 3 is 3.04 bits per heavy atom. The molecule has 1 fully saturated rings. The average molecular weight is 386 g/mol. The summed E-state index contributed by atoms with van der Waals surface area (Å²) in [6, 6.07) is 8.35. The summed E-state index contributed by atoms with van der Waals surface area (Å²) in [4.78, 5) is 25.2. The molecule has 2 aliphatic rings. The summed E-state index contributed by atoms with van der Waals surface area (Å²) in [6.07, 6.45) is 5.48. The van der Waals surface area contributed by atoms with Crippen molar-refractivity contribution in [3.63, 3.8) is 0 Å². The van der Waals surface area contributed by atoms with Crippen molar-refractivity contribution in [3.05, 3.63) is 61.5 Å². The van der Waals surface area contributed by atoms with E-state index < -0.39 is 0 Å². The summed E-state index contributed by atoms with van der Waals surface area (Å²) >= 11 is 8.12. The lowest BCUT2D eigenvalue weighted by Crippen LogP contribution is -2.25. The highest BCUT2D eigenvalue weighted by Gasteiger charge is 2.28. The van der Waals surface area contributed by atoms with E-state index in [4.69, 9.17) is 16.6 Å². The van der Waals surface area contributed by atoms with E-state index >= 15 is 0 Å². The van der Waals surface area contributed by atoms with Crippen LogP contribution in [0.15, 0.2) is 29.1 Å². The maximum atomic E-state index is 12.7. The number of hydrogen-bond acceptors (Lipinski definition) is 4. The van der Waals surface area contributed by atoms with Gasteiger partial charge in [0.15, 0.2) is 0 Å². The lowest BCUT2D eigenvalue weighted by Gasteiger charge is -2.25. The van der Waals surface area contributed by atoms with Gasteiger partial charge in [-0.05, 0) is 55.8 Å². The Labute approximate surface area is 160 Å². The maximum absolute atomic E-state index is 12.7. The van der Waals surface area contributed by atoms with Gasteiger partial charge in [0.05, 0.1) is 11.9 Å². The molecule has 6 heteroatoms. The van der Waals surface area contributed by atoms with E-state index in [1.54, 1.807) is 11.3 Å². The minimum absolute atomic E-state index is 0.0258. The largest absolute Gasteiger partial charge is 0.309 e. The number of hydrogen-bond donors (Lipinski definition) is 1. The monoisotopic (exact) mass is 385 g/mol. The van der Waals surface area contributed by atoms with Gasteiger partial charge in [0.2, 0.25) is 0 Å². The number of aryl methyl sites for hydroxylation is 2. The Bertz CT molecular complexity index is 1040. The number of benzene rings is 1. The molecule has 3 heterocycles. The smallest absolute Gasteiger partial charge is 0.259 e. The van der Waals surface area contributed by atoms with Crippen LogP contribution in [-0.2, 0) is 19.4 Å². The number of aromatic nitrogens is 2. The van der Waals surface area contributed by atoms with Crippen LogP contribution in [0.1, 0.15) is 47.1 Å². The molecule has 1 N–H and O–H groups in total. The van der Waals surface area contributed by atoms with Crippen LogP contribution in [0.2, 0.25) is 5.02 Å². The zero-order chi connectivity index (χ0) is 17.7. The predicted octanol–water partition coefficient (Wildman–Crippen LogP) is 4.46. The fraction of sp³-hybridized carbons (Fsp3) is 0.400. The molecular formula is C20H20ClN3OS. The summed E-state index contributed by atoms with van der Waals surface area (Å²) in [7, 11) is 0. The van der Waals surface area contributed by atoms with Crippen molar-refractivity contribution in [2.24, 2.45) is 0 Å². The molecule has 1 unspecified atom stereocenters. The summed E-state index contributed by atoms with van der Waals surface area (Å²) in [6.45, 7) is 1.65. The van der Waals surface area contributed by atoms with E-state index in [2.05, 4.69) is 16.0 Å². The van der Waals surface area contributed by atoms with E-state index in [0.717, 1.165) is 59.7 Å². The highest BCUT2D eigenvalue weighted by atomic mass is 35.5. The zero-order valence-electron chi connectivity index (χ0n) is 14.4. The van der Waals surface area contributed by atoms with E-state index in [9.17, 15) is 4.79 Å². The highest BCUT2D eigenvalue weighted by Crippen LogP contribution is 2.37. The number of halogens is 1. The van der Waals surface area contributed by atoms with Crippen LogP contribution in [0.25, 0.3) is 10.2 Å². The van der Waals surface area contributed by atoms with Crippen LogP contribution in [0.4, 0.5) is 0 Å². The molecule has 0 radical (unpaired) electrons. The van der Waals surface area contributed by atoms with Crippen LogP contribution < -0.4 is 5.56 Å². The lowest BCUT2D eigenvalue weighted by atomic mass is 10.0. The molecule has 0 spiro atoms. The Morgan fingerprint density at radius 1 is 1.27 bits per heavy atom. The topological polar surface area (TPSA) is 49.0 Å². The number of thiophene rings is 1. The van der Waals surface area contributed by atoms with Crippen LogP contribution in [0.5, 0.6) is 0 Å². The Hall–Kier alpha value is -1.69. The van der Waals surface area contributed by atoms with Crippen LogP contribution in [0.3, 0.4) is 0 Å². The molecule has 4 nitrogen and oxygen atoms in total. The minimum Gasteiger partial charge on any atom is -0.309 e. The summed E-state index contributed by atoms with van der Waals surface area (Å²) in [5.74, 6) is 0.765. The van der Waals surface area contributed by atoms with Gasteiger partial charge in [-0.3, -0.25) is 9.69 Å². The number of nitrogens with one attached hydrogen (secondary N) is 1. The third-order valence-electron chi connectivity index (χ3n) is 5.60. The van der Waals surface area contributed by atoms with Gasteiger partial charge >= 0.3 is 0 Å². The molecule has 1 atom stereocenters. The molecule has 26 heavy (non-hydrogen) atoms. The first kappa shape index (κ1) is 16.5. The van der Waals surface area contributed by atoms with Crippen molar-refractivity contribution in [1.82, 2.24) is 14.9 Å². The maximum Gasteiger partial charge on any atom is 0.259 e. The van der Waals surface area contributed by atoms with E-state index in [1.165, 1.54) is 16.0 Å². The van der Waals surface area contributed by atoms with Crippen molar-refractivity contribution in [2.75, 3.05) is 6.54 Å². The number of rotatable bonds is 3.